The number of β-amino-alcohol motifs (C(OH)–C–C–N with tert-alkyl or cyclic N) is 1. The molecule has 6 unspecified atom stereocenters. The largest absolute Gasteiger partial charge is 0.390 e. The summed E-state index contributed by atoms with van der Waals surface area (Å²) in [6.45, 7) is 8.35. The molecule has 4 aliphatic rings. The highest BCUT2D eigenvalue weighted by Gasteiger charge is 2.66. The molecule has 3 heterocycles. The number of piperidine rings is 2. The number of aliphatic hydroxyl groups is 1. The number of nitrogens with one attached hydrogen (secondary N) is 3. The number of nitrogens with two attached hydrogens (primary N) is 2. The summed E-state index contributed by atoms with van der Waals surface area (Å²) < 4.78 is 0. The Morgan fingerprint density at radius 1 is 1.19 bits per heavy atom. The summed E-state index contributed by atoms with van der Waals surface area (Å²) in [4.78, 5) is 18.4. The summed E-state index contributed by atoms with van der Waals surface area (Å²) in [5.41, 5.74) is 13.1. The van der Waals surface area contributed by atoms with Gasteiger partial charge < -0.3 is 37.4 Å². The molecular formula is C27H52ClN7O2. The first kappa shape index (κ1) is 29.5. The van der Waals surface area contributed by atoms with Gasteiger partial charge in [0, 0.05) is 49.7 Å². The number of carbonyl (C=O) groups excluding carboxylic acids is 1. The SMILES string of the molecule is CCC12CC(C(C(=O)NC3CNCCC3N3CC[C@H](N(C)C)[C@@H](O)C3)C(N)N)NCC(Cl)C[C@@]1(CC)C2. The zero-order valence-electron chi connectivity index (χ0n) is 23.4. The monoisotopic (exact) mass is 541 g/mol. The molecule has 0 aromatic carbocycles. The van der Waals surface area contributed by atoms with Gasteiger partial charge in [-0.1, -0.05) is 13.8 Å². The fourth-order valence-corrected chi connectivity index (χ4v) is 8.56. The van der Waals surface area contributed by atoms with Crippen molar-refractivity contribution in [2.45, 2.75) is 101 Å². The van der Waals surface area contributed by atoms with Crippen LogP contribution in [-0.2, 0) is 4.79 Å². The Labute approximate surface area is 228 Å². The van der Waals surface area contributed by atoms with Crippen LogP contribution >= 0.6 is 11.6 Å². The molecule has 0 aromatic rings. The first-order valence-electron chi connectivity index (χ1n) is 14.5. The van der Waals surface area contributed by atoms with E-state index in [9.17, 15) is 9.90 Å². The van der Waals surface area contributed by atoms with Crippen LogP contribution < -0.4 is 27.4 Å². The molecule has 8 N–H and O–H groups in total. The van der Waals surface area contributed by atoms with Gasteiger partial charge in [0.15, 0.2) is 0 Å². The van der Waals surface area contributed by atoms with Gasteiger partial charge in [-0.15, -0.1) is 11.6 Å². The minimum Gasteiger partial charge on any atom is -0.390 e. The minimum absolute atomic E-state index is 0.0392. The molecule has 37 heavy (non-hydrogen) atoms. The van der Waals surface area contributed by atoms with Crippen molar-refractivity contribution in [1.82, 2.24) is 25.8 Å². The number of likely N-dealkylation sites (tertiary alicyclic amines) is 1. The number of carbonyl (C=O) groups is 1. The van der Waals surface area contributed by atoms with Crippen molar-refractivity contribution in [1.29, 1.82) is 0 Å². The highest BCUT2D eigenvalue weighted by molar-refractivity contribution is 6.20. The average molecular weight is 542 g/mol. The van der Waals surface area contributed by atoms with E-state index in [0.717, 1.165) is 51.6 Å². The molecule has 4 rings (SSSR count). The maximum atomic E-state index is 13.9. The van der Waals surface area contributed by atoms with Crippen molar-refractivity contribution < 1.29 is 9.90 Å². The standard InChI is InChI=1S/C27H52ClN7O2/c1-5-26-11-17(28)13-32-18(12-27(26,6-2)16-26)23(24(29)30)25(37)33-19-14-31-9-7-20(19)35-10-8-21(34(3)4)22(36)15-35/h17-24,31-32,36H,5-16,29-30H2,1-4H3,(H,33,37)/t17?,18?,19?,20?,21-,22-,23?,26-,27?/m0/s1. The molecule has 9 nitrogen and oxygen atoms in total. The molecule has 1 aliphatic carbocycles. The molecule has 1 amide bonds. The number of aliphatic hydroxyl groups excluding tert-OH is 1. The fourth-order valence-electron chi connectivity index (χ4n) is 8.17. The van der Waals surface area contributed by atoms with Crippen LogP contribution in [0.2, 0.25) is 0 Å². The smallest absolute Gasteiger partial charge is 0.227 e. The Bertz CT molecular complexity index is 788. The van der Waals surface area contributed by atoms with Crippen molar-refractivity contribution in [3.63, 3.8) is 0 Å². The van der Waals surface area contributed by atoms with Crippen LogP contribution in [0.25, 0.3) is 0 Å². The van der Waals surface area contributed by atoms with E-state index in [2.05, 4.69) is 39.6 Å². The van der Waals surface area contributed by atoms with E-state index in [1.54, 1.807) is 0 Å². The van der Waals surface area contributed by atoms with Crippen LogP contribution in [0.1, 0.15) is 58.8 Å². The van der Waals surface area contributed by atoms with Gasteiger partial charge in [-0.3, -0.25) is 9.69 Å². The second kappa shape index (κ2) is 11.9. The van der Waals surface area contributed by atoms with Gasteiger partial charge in [0.25, 0.3) is 0 Å². The van der Waals surface area contributed by atoms with E-state index in [4.69, 9.17) is 23.1 Å². The number of rotatable bonds is 8. The molecule has 3 saturated heterocycles. The lowest BCUT2D eigenvalue weighted by atomic mass is 9.76. The number of fused-ring (bicyclic) bond motifs is 1. The summed E-state index contributed by atoms with van der Waals surface area (Å²) in [7, 11) is 4.05. The minimum atomic E-state index is -0.762. The third-order valence-corrected chi connectivity index (χ3v) is 10.8. The van der Waals surface area contributed by atoms with Gasteiger partial charge in [-0.25, -0.2) is 0 Å². The Kier molecular flexibility index (Phi) is 9.49. The highest BCUT2D eigenvalue weighted by atomic mass is 35.5. The molecule has 3 aliphatic heterocycles. The maximum Gasteiger partial charge on any atom is 0.227 e. The average Bonchev–Trinajstić information content (AvgIpc) is 3.46. The zero-order chi connectivity index (χ0) is 27.0. The summed E-state index contributed by atoms with van der Waals surface area (Å²) in [6, 6.07) is 0.178. The van der Waals surface area contributed by atoms with Gasteiger partial charge >= 0.3 is 0 Å². The van der Waals surface area contributed by atoms with Crippen LogP contribution in [-0.4, -0.2) is 109 Å². The van der Waals surface area contributed by atoms with Gasteiger partial charge in [0.2, 0.25) is 5.91 Å². The first-order chi connectivity index (χ1) is 17.6. The van der Waals surface area contributed by atoms with Crippen molar-refractivity contribution in [3.05, 3.63) is 0 Å². The molecule has 0 bridgehead atoms. The van der Waals surface area contributed by atoms with E-state index in [1.807, 2.05) is 14.1 Å². The molecular weight excluding hydrogens is 490 g/mol. The Hall–Kier alpha value is -0.520. The summed E-state index contributed by atoms with van der Waals surface area (Å²) in [5.74, 6) is -0.608. The van der Waals surface area contributed by atoms with Crippen LogP contribution in [0, 0.1) is 16.7 Å². The van der Waals surface area contributed by atoms with Crippen LogP contribution in [0.15, 0.2) is 0 Å². The second-order valence-electron chi connectivity index (χ2n) is 12.6. The maximum absolute atomic E-state index is 13.9. The molecule has 214 valence electrons. The van der Waals surface area contributed by atoms with Crippen LogP contribution in [0.3, 0.4) is 0 Å². The van der Waals surface area contributed by atoms with Gasteiger partial charge in [-0.05, 0) is 76.4 Å². The lowest BCUT2D eigenvalue weighted by Crippen LogP contribution is -2.66. The van der Waals surface area contributed by atoms with E-state index in [1.165, 1.54) is 6.42 Å². The Morgan fingerprint density at radius 3 is 2.51 bits per heavy atom. The van der Waals surface area contributed by atoms with Crippen molar-refractivity contribution in [2.75, 3.05) is 46.8 Å². The van der Waals surface area contributed by atoms with E-state index >= 15 is 0 Å². The third kappa shape index (κ3) is 5.99. The quantitative estimate of drug-likeness (QED) is 0.190. The number of hydrogen-bond donors (Lipinski definition) is 6. The predicted octanol–water partition coefficient (Wildman–Crippen LogP) is 0.246. The Balaban J connectivity index is 1.47. The number of nitrogens with zero attached hydrogens (tertiary/aromatic N) is 2. The fraction of sp³-hybridized carbons (Fsp3) is 0.963. The molecule has 1 saturated carbocycles. The first-order valence-corrected chi connectivity index (χ1v) is 15.0. The normalized spacial score (nSPS) is 42.1. The molecule has 9 atom stereocenters. The second-order valence-corrected chi connectivity index (χ2v) is 13.2. The Morgan fingerprint density at radius 2 is 1.89 bits per heavy atom. The summed E-state index contributed by atoms with van der Waals surface area (Å²) in [6.07, 6.45) is 5.98. The van der Waals surface area contributed by atoms with Crippen LogP contribution in [0.4, 0.5) is 0 Å². The van der Waals surface area contributed by atoms with E-state index < -0.39 is 18.2 Å². The van der Waals surface area contributed by atoms with Gasteiger partial charge in [-0.2, -0.15) is 0 Å². The van der Waals surface area contributed by atoms with Crippen molar-refractivity contribution in [3.8, 4) is 0 Å². The van der Waals surface area contributed by atoms with Gasteiger partial charge in [0.1, 0.15) is 0 Å². The molecule has 0 radical (unpaired) electrons. The summed E-state index contributed by atoms with van der Waals surface area (Å²) in [5, 5.41) is 21.2. The van der Waals surface area contributed by atoms with Crippen LogP contribution in [0.5, 0.6) is 0 Å². The number of likely N-dealkylation sites (N-methyl/N-ethyl adjacent to an activating group) is 1. The molecule has 10 heteroatoms. The number of halogens is 1. The van der Waals surface area contributed by atoms with E-state index in [-0.39, 0.29) is 46.3 Å². The topological polar surface area (TPSA) is 132 Å². The highest BCUT2D eigenvalue weighted by Crippen LogP contribution is 2.73. The lowest BCUT2D eigenvalue weighted by molar-refractivity contribution is -0.128. The predicted molar refractivity (Wildman–Crippen MR) is 149 cm³/mol. The van der Waals surface area contributed by atoms with Crippen molar-refractivity contribution in [2.24, 2.45) is 28.2 Å². The number of alkyl halides is 1. The number of hydrogen-bond acceptors (Lipinski definition) is 8. The third-order valence-electron chi connectivity index (χ3n) is 10.5. The van der Waals surface area contributed by atoms with Gasteiger partial charge in [0.05, 0.1) is 24.2 Å². The molecule has 4 fully saturated rings. The zero-order valence-corrected chi connectivity index (χ0v) is 24.1. The van der Waals surface area contributed by atoms with Crippen molar-refractivity contribution >= 4 is 17.5 Å². The molecule has 0 spiro atoms. The molecule has 0 aromatic heterocycles. The lowest BCUT2D eigenvalue weighted by Gasteiger charge is -2.46. The number of amides is 1. The van der Waals surface area contributed by atoms with E-state index in [0.29, 0.717) is 19.6 Å². The summed E-state index contributed by atoms with van der Waals surface area (Å²) >= 11 is 6.77.